The van der Waals surface area contributed by atoms with E-state index in [1.807, 2.05) is 43.3 Å². The normalized spacial score (nSPS) is 10.5. The van der Waals surface area contributed by atoms with Gasteiger partial charge in [0.15, 0.2) is 5.69 Å². The highest BCUT2D eigenvalue weighted by Crippen LogP contribution is 2.22. The number of aromatic nitrogens is 3. The standard InChI is InChI=1S/C18H17N3O2/c1-3-23-18(22)17-11-16(14-7-5-9-19-12-14)20-21(17)15-8-4-6-13(2)10-15/h4-12H,3H2,1-2H3. The summed E-state index contributed by atoms with van der Waals surface area (Å²) in [6.45, 7) is 4.10. The van der Waals surface area contributed by atoms with Gasteiger partial charge in [-0.2, -0.15) is 5.10 Å². The first kappa shape index (κ1) is 15.0. The van der Waals surface area contributed by atoms with Crippen molar-refractivity contribution in [3.05, 3.63) is 66.1 Å². The molecule has 0 radical (unpaired) electrons. The van der Waals surface area contributed by atoms with Gasteiger partial charge in [0.25, 0.3) is 0 Å². The van der Waals surface area contributed by atoms with E-state index >= 15 is 0 Å². The van der Waals surface area contributed by atoms with E-state index in [0.717, 1.165) is 16.8 Å². The molecule has 2 heterocycles. The van der Waals surface area contributed by atoms with Gasteiger partial charge in [-0.15, -0.1) is 0 Å². The Morgan fingerprint density at radius 1 is 1.22 bits per heavy atom. The lowest BCUT2D eigenvalue weighted by Gasteiger charge is -2.07. The Labute approximate surface area is 134 Å². The lowest BCUT2D eigenvalue weighted by atomic mass is 10.2. The van der Waals surface area contributed by atoms with E-state index in [1.54, 1.807) is 30.1 Å². The van der Waals surface area contributed by atoms with E-state index in [-0.39, 0.29) is 0 Å². The number of carbonyl (C=O) groups excluding carboxylic acids is 1. The Balaban J connectivity index is 2.13. The maximum Gasteiger partial charge on any atom is 0.357 e. The van der Waals surface area contributed by atoms with Crippen LogP contribution in [0.5, 0.6) is 0 Å². The number of ether oxygens (including phenoxy) is 1. The smallest absolute Gasteiger partial charge is 0.357 e. The molecule has 23 heavy (non-hydrogen) atoms. The molecule has 0 aliphatic carbocycles. The second-order valence-corrected chi connectivity index (χ2v) is 5.13. The Kier molecular flexibility index (Phi) is 4.19. The van der Waals surface area contributed by atoms with Gasteiger partial charge in [-0.3, -0.25) is 4.98 Å². The van der Waals surface area contributed by atoms with Gasteiger partial charge in [0.05, 0.1) is 18.0 Å². The number of hydrogen-bond acceptors (Lipinski definition) is 4. The fourth-order valence-electron chi connectivity index (χ4n) is 2.34. The molecule has 0 spiro atoms. The number of pyridine rings is 1. The SMILES string of the molecule is CCOC(=O)c1cc(-c2cccnc2)nn1-c1cccc(C)c1. The average Bonchev–Trinajstić information content (AvgIpc) is 3.01. The molecule has 116 valence electrons. The summed E-state index contributed by atoms with van der Waals surface area (Å²) in [5.41, 5.74) is 3.85. The number of benzene rings is 1. The molecule has 5 nitrogen and oxygen atoms in total. The third kappa shape index (κ3) is 3.13. The zero-order valence-corrected chi connectivity index (χ0v) is 13.1. The molecule has 3 rings (SSSR count). The summed E-state index contributed by atoms with van der Waals surface area (Å²) in [5, 5.41) is 4.57. The molecule has 0 saturated carbocycles. The summed E-state index contributed by atoms with van der Waals surface area (Å²) in [6, 6.07) is 13.3. The van der Waals surface area contributed by atoms with Crippen LogP contribution in [0, 0.1) is 6.92 Å². The first-order valence-corrected chi connectivity index (χ1v) is 7.43. The number of esters is 1. The third-order valence-corrected chi connectivity index (χ3v) is 3.40. The topological polar surface area (TPSA) is 57.0 Å². The average molecular weight is 307 g/mol. The van der Waals surface area contributed by atoms with Crippen molar-refractivity contribution >= 4 is 5.97 Å². The zero-order valence-electron chi connectivity index (χ0n) is 13.1. The van der Waals surface area contributed by atoms with E-state index in [0.29, 0.717) is 18.0 Å². The van der Waals surface area contributed by atoms with Gasteiger partial charge in [0.2, 0.25) is 0 Å². The van der Waals surface area contributed by atoms with Crippen LogP contribution in [0.3, 0.4) is 0 Å². The molecule has 5 heteroatoms. The molecule has 1 aromatic carbocycles. The molecule has 0 saturated heterocycles. The first-order chi connectivity index (χ1) is 11.2. The molecular formula is C18H17N3O2. The van der Waals surface area contributed by atoms with E-state index in [4.69, 9.17) is 4.74 Å². The summed E-state index contributed by atoms with van der Waals surface area (Å²) in [7, 11) is 0. The van der Waals surface area contributed by atoms with Crippen LogP contribution < -0.4 is 0 Å². The van der Waals surface area contributed by atoms with Crippen molar-refractivity contribution in [3.8, 4) is 16.9 Å². The number of nitrogens with zero attached hydrogens (tertiary/aromatic N) is 3. The second-order valence-electron chi connectivity index (χ2n) is 5.13. The van der Waals surface area contributed by atoms with Gasteiger partial charge < -0.3 is 4.74 Å². The number of hydrogen-bond donors (Lipinski definition) is 0. The van der Waals surface area contributed by atoms with Crippen molar-refractivity contribution in [1.29, 1.82) is 0 Å². The zero-order chi connectivity index (χ0) is 16.2. The first-order valence-electron chi connectivity index (χ1n) is 7.43. The van der Waals surface area contributed by atoms with Crippen LogP contribution in [-0.2, 0) is 4.74 Å². The van der Waals surface area contributed by atoms with Gasteiger partial charge in [-0.05, 0) is 49.7 Å². The quantitative estimate of drug-likeness (QED) is 0.693. The Morgan fingerprint density at radius 3 is 2.78 bits per heavy atom. The maximum absolute atomic E-state index is 12.3. The largest absolute Gasteiger partial charge is 0.461 e. The highest BCUT2D eigenvalue weighted by atomic mass is 16.5. The number of rotatable bonds is 4. The second kappa shape index (κ2) is 6.44. The molecule has 0 bridgehead atoms. The predicted octanol–water partition coefficient (Wildman–Crippen LogP) is 3.42. The molecular weight excluding hydrogens is 290 g/mol. The number of aryl methyl sites for hydroxylation is 1. The lowest BCUT2D eigenvalue weighted by Crippen LogP contribution is -2.12. The van der Waals surface area contributed by atoms with Crippen LogP contribution in [0.1, 0.15) is 23.0 Å². The minimum atomic E-state index is -0.392. The Bertz CT molecular complexity index is 825. The van der Waals surface area contributed by atoms with Crippen molar-refractivity contribution in [3.63, 3.8) is 0 Å². The monoisotopic (exact) mass is 307 g/mol. The van der Waals surface area contributed by atoms with Crippen molar-refractivity contribution in [1.82, 2.24) is 14.8 Å². The van der Waals surface area contributed by atoms with Crippen LogP contribution in [0.15, 0.2) is 54.9 Å². The highest BCUT2D eigenvalue weighted by molar-refractivity contribution is 5.89. The molecule has 0 atom stereocenters. The third-order valence-electron chi connectivity index (χ3n) is 3.40. The van der Waals surface area contributed by atoms with Gasteiger partial charge in [-0.1, -0.05) is 12.1 Å². The molecule has 0 fully saturated rings. The molecule has 3 aromatic rings. The maximum atomic E-state index is 12.3. The van der Waals surface area contributed by atoms with Crippen molar-refractivity contribution in [2.45, 2.75) is 13.8 Å². The van der Waals surface area contributed by atoms with Crippen LogP contribution >= 0.6 is 0 Å². The Morgan fingerprint density at radius 2 is 2.09 bits per heavy atom. The van der Waals surface area contributed by atoms with Crippen LogP contribution in [-0.4, -0.2) is 27.3 Å². The van der Waals surface area contributed by atoms with E-state index in [2.05, 4.69) is 10.1 Å². The van der Waals surface area contributed by atoms with Gasteiger partial charge in [0, 0.05) is 18.0 Å². The fraction of sp³-hybridized carbons (Fsp3) is 0.167. The van der Waals surface area contributed by atoms with Crippen molar-refractivity contribution in [2.75, 3.05) is 6.61 Å². The molecule has 0 amide bonds. The minimum Gasteiger partial charge on any atom is -0.461 e. The van der Waals surface area contributed by atoms with Crippen LogP contribution in [0.4, 0.5) is 0 Å². The molecule has 2 aromatic heterocycles. The molecule has 0 unspecified atom stereocenters. The van der Waals surface area contributed by atoms with Gasteiger partial charge in [0.1, 0.15) is 0 Å². The summed E-state index contributed by atoms with van der Waals surface area (Å²) >= 11 is 0. The fourth-order valence-corrected chi connectivity index (χ4v) is 2.34. The summed E-state index contributed by atoms with van der Waals surface area (Å²) < 4.78 is 6.77. The Hall–Kier alpha value is -2.95. The van der Waals surface area contributed by atoms with Gasteiger partial charge in [-0.25, -0.2) is 9.48 Å². The summed E-state index contributed by atoms with van der Waals surface area (Å²) in [6.07, 6.45) is 3.42. The lowest BCUT2D eigenvalue weighted by molar-refractivity contribution is 0.0515. The molecule has 0 aliphatic rings. The van der Waals surface area contributed by atoms with E-state index in [1.165, 1.54) is 0 Å². The molecule has 0 aliphatic heterocycles. The van der Waals surface area contributed by atoms with Crippen LogP contribution in [0.25, 0.3) is 16.9 Å². The molecule has 0 N–H and O–H groups in total. The summed E-state index contributed by atoms with van der Waals surface area (Å²) in [5.74, 6) is -0.392. The van der Waals surface area contributed by atoms with Crippen molar-refractivity contribution in [2.24, 2.45) is 0 Å². The highest BCUT2D eigenvalue weighted by Gasteiger charge is 2.18. The summed E-state index contributed by atoms with van der Waals surface area (Å²) in [4.78, 5) is 16.4. The minimum absolute atomic E-state index is 0.320. The predicted molar refractivity (Wildman–Crippen MR) is 87.5 cm³/mol. The van der Waals surface area contributed by atoms with E-state index < -0.39 is 5.97 Å². The van der Waals surface area contributed by atoms with Crippen molar-refractivity contribution < 1.29 is 9.53 Å². The van der Waals surface area contributed by atoms with E-state index in [9.17, 15) is 4.79 Å². The van der Waals surface area contributed by atoms with Gasteiger partial charge >= 0.3 is 5.97 Å². The number of carbonyl (C=O) groups is 1. The van der Waals surface area contributed by atoms with Crippen LogP contribution in [0.2, 0.25) is 0 Å².